The molecule has 0 bridgehead atoms. The van der Waals surface area contributed by atoms with Crippen molar-refractivity contribution in [1.82, 2.24) is 15.5 Å². The molecule has 4 nitrogen and oxygen atoms in total. The Morgan fingerprint density at radius 3 is 2.72 bits per heavy atom. The highest BCUT2D eigenvalue weighted by Crippen LogP contribution is 2.16. The Morgan fingerprint density at radius 2 is 2.11 bits per heavy atom. The molecular weight excluding hydrogens is 226 g/mol. The summed E-state index contributed by atoms with van der Waals surface area (Å²) in [5.41, 5.74) is 0. The SMILES string of the molecule is CCCN1CCC(CNC(=O)C2CCCN2)CC1. The summed E-state index contributed by atoms with van der Waals surface area (Å²) in [4.78, 5) is 14.4. The van der Waals surface area contributed by atoms with Gasteiger partial charge in [0.05, 0.1) is 6.04 Å². The zero-order chi connectivity index (χ0) is 12.8. The van der Waals surface area contributed by atoms with Crippen molar-refractivity contribution in [2.75, 3.05) is 32.7 Å². The molecule has 2 heterocycles. The molecule has 1 amide bonds. The molecule has 2 aliphatic heterocycles. The summed E-state index contributed by atoms with van der Waals surface area (Å²) in [7, 11) is 0. The van der Waals surface area contributed by atoms with Gasteiger partial charge in [0.15, 0.2) is 0 Å². The average Bonchev–Trinajstić information content (AvgIpc) is 2.92. The summed E-state index contributed by atoms with van der Waals surface area (Å²) < 4.78 is 0. The lowest BCUT2D eigenvalue weighted by Crippen LogP contribution is -2.44. The van der Waals surface area contributed by atoms with Crippen molar-refractivity contribution in [1.29, 1.82) is 0 Å². The number of carbonyl (C=O) groups excluding carboxylic acids is 1. The Bertz CT molecular complexity index is 256. The fourth-order valence-corrected chi connectivity index (χ4v) is 3.01. The largest absolute Gasteiger partial charge is 0.354 e. The number of rotatable bonds is 5. The van der Waals surface area contributed by atoms with E-state index < -0.39 is 0 Å². The van der Waals surface area contributed by atoms with Crippen molar-refractivity contribution in [2.24, 2.45) is 5.92 Å². The number of amides is 1. The van der Waals surface area contributed by atoms with E-state index in [0.717, 1.165) is 25.9 Å². The fourth-order valence-electron chi connectivity index (χ4n) is 3.01. The molecule has 104 valence electrons. The lowest BCUT2D eigenvalue weighted by atomic mass is 9.96. The van der Waals surface area contributed by atoms with Crippen LogP contribution in [0.3, 0.4) is 0 Å². The lowest BCUT2D eigenvalue weighted by molar-refractivity contribution is -0.123. The van der Waals surface area contributed by atoms with E-state index in [2.05, 4.69) is 22.5 Å². The van der Waals surface area contributed by atoms with Gasteiger partial charge in [-0.05, 0) is 64.2 Å². The van der Waals surface area contributed by atoms with Gasteiger partial charge in [-0.3, -0.25) is 4.79 Å². The summed E-state index contributed by atoms with van der Waals surface area (Å²) in [6.45, 7) is 7.74. The third-order valence-electron chi connectivity index (χ3n) is 4.19. The van der Waals surface area contributed by atoms with Gasteiger partial charge in [0.2, 0.25) is 5.91 Å². The van der Waals surface area contributed by atoms with Crippen LogP contribution in [0.25, 0.3) is 0 Å². The van der Waals surface area contributed by atoms with Crippen LogP contribution in [0.1, 0.15) is 39.0 Å². The number of likely N-dealkylation sites (tertiary alicyclic amines) is 1. The zero-order valence-electron chi connectivity index (χ0n) is 11.6. The van der Waals surface area contributed by atoms with Gasteiger partial charge in [0.25, 0.3) is 0 Å². The maximum Gasteiger partial charge on any atom is 0.237 e. The van der Waals surface area contributed by atoms with Crippen molar-refractivity contribution in [3.05, 3.63) is 0 Å². The molecule has 0 aromatic carbocycles. The standard InChI is InChI=1S/C14H27N3O/c1-2-8-17-9-5-12(6-10-17)11-16-14(18)13-4-3-7-15-13/h12-13,15H,2-11H2,1H3,(H,16,18). The van der Waals surface area contributed by atoms with Gasteiger partial charge in [0.1, 0.15) is 0 Å². The molecule has 18 heavy (non-hydrogen) atoms. The number of hydrogen-bond donors (Lipinski definition) is 2. The van der Waals surface area contributed by atoms with Crippen LogP contribution in [0, 0.1) is 5.92 Å². The van der Waals surface area contributed by atoms with Crippen LogP contribution in [0.2, 0.25) is 0 Å². The molecule has 0 spiro atoms. The normalized spacial score (nSPS) is 26.4. The van der Waals surface area contributed by atoms with E-state index in [1.165, 1.54) is 38.9 Å². The summed E-state index contributed by atoms with van der Waals surface area (Å²) in [5.74, 6) is 0.895. The van der Waals surface area contributed by atoms with E-state index in [-0.39, 0.29) is 11.9 Å². The average molecular weight is 253 g/mol. The van der Waals surface area contributed by atoms with E-state index in [1.807, 2.05) is 0 Å². The van der Waals surface area contributed by atoms with E-state index >= 15 is 0 Å². The maximum absolute atomic E-state index is 11.9. The van der Waals surface area contributed by atoms with Gasteiger partial charge >= 0.3 is 0 Å². The quantitative estimate of drug-likeness (QED) is 0.767. The van der Waals surface area contributed by atoms with Crippen molar-refractivity contribution in [2.45, 2.75) is 45.1 Å². The molecule has 0 aliphatic carbocycles. The van der Waals surface area contributed by atoms with Gasteiger partial charge in [-0.25, -0.2) is 0 Å². The van der Waals surface area contributed by atoms with E-state index in [0.29, 0.717) is 5.92 Å². The van der Waals surface area contributed by atoms with Crippen LogP contribution < -0.4 is 10.6 Å². The molecule has 1 atom stereocenters. The molecule has 1 unspecified atom stereocenters. The summed E-state index contributed by atoms with van der Waals surface area (Å²) in [6, 6.07) is 0.0742. The predicted octanol–water partition coefficient (Wildman–Crippen LogP) is 0.977. The summed E-state index contributed by atoms with van der Waals surface area (Å²) in [5, 5.41) is 6.37. The van der Waals surface area contributed by atoms with E-state index in [9.17, 15) is 4.79 Å². The smallest absolute Gasteiger partial charge is 0.237 e. The third-order valence-corrected chi connectivity index (χ3v) is 4.19. The number of hydrogen-bond acceptors (Lipinski definition) is 3. The molecular formula is C14H27N3O. The Hall–Kier alpha value is -0.610. The molecule has 2 N–H and O–H groups in total. The first kappa shape index (κ1) is 13.8. The van der Waals surface area contributed by atoms with Crippen LogP contribution in [-0.4, -0.2) is 49.6 Å². The first-order valence-corrected chi connectivity index (χ1v) is 7.53. The van der Waals surface area contributed by atoms with Crippen molar-refractivity contribution in [3.8, 4) is 0 Å². The molecule has 2 aliphatic rings. The highest BCUT2D eigenvalue weighted by atomic mass is 16.2. The van der Waals surface area contributed by atoms with E-state index in [4.69, 9.17) is 0 Å². The topological polar surface area (TPSA) is 44.4 Å². The monoisotopic (exact) mass is 253 g/mol. The number of piperidine rings is 1. The van der Waals surface area contributed by atoms with E-state index in [1.54, 1.807) is 0 Å². The zero-order valence-corrected chi connectivity index (χ0v) is 11.6. The second kappa shape index (κ2) is 7.10. The van der Waals surface area contributed by atoms with Gasteiger partial charge in [0, 0.05) is 6.54 Å². The Labute approximate surface area is 110 Å². The molecule has 0 saturated carbocycles. The number of nitrogens with zero attached hydrogens (tertiary/aromatic N) is 1. The van der Waals surface area contributed by atoms with Crippen LogP contribution in [0.4, 0.5) is 0 Å². The number of carbonyl (C=O) groups is 1. The molecule has 0 radical (unpaired) electrons. The van der Waals surface area contributed by atoms with Gasteiger partial charge in [-0.2, -0.15) is 0 Å². The highest BCUT2D eigenvalue weighted by molar-refractivity contribution is 5.81. The molecule has 2 rings (SSSR count). The molecule has 2 fully saturated rings. The van der Waals surface area contributed by atoms with Gasteiger partial charge in [-0.15, -0.1) is 0 Å². The fraction of sp³-hybridized carbons (Fsp3) is 0.929. The Morgan fingerprint density at radius 1 is 1.33 bits per heavy atom. The van der Waals surface area contributed by atoms with Crippen LogP contribution >= 0.6 is 0 Å². The van der Waals surface area contributed by atoms with Crippen LogP contribution in [0.15, 0.2) is 0 Å². The molecule has 2 saturated heterocycles. The Kier molecular flexibility index (Phi) is 5.45. The first-order chi connectivity index (χ1) is 8.79. The second-order valence-electron chi connectivity index (χ2n) is 5.68. The molecule has 0 aromatic heterocycles. The lowest BCUT2D eigenvalue weighted by Gasteiger charge is -2.31. The van der Waals surface area contributed by atoms with Crippen molar-refractivity contribution in [3.63, 3.8) is 0 Å². The van der Waals surface area contributed by atoms with Gasteiger partial charge < -0.3 is 15.5 Å². The molecule has 4 heteroatoms. The third kappa shape index (κ3) is 3.95. The maximum atomic E-state index is 11.9. The van der Waals surface area contributed by atoms with Crippen LogP contribution in [0.5, 0.6) is 0 Å². The van der Waals surface area contributed by atoms with Gasteiger partial charge in [-0.1, -0.05) is 6.92 Å². The van der Waals surface area contributed by atoms with Crippen molar-refractivity contribution >= 4 is 5.91 Å². The van der Waals surface area contributed by atoms with Crippen molar-refractivity contribution < 1.29 is 4.79 Å². The minimum atomic E-state index is 0.0742. The highest BCUT2D eigenvalue weighted by Gasteiger charge is 2.23. The second-order valence-corrected chi connectivity index (χ2v) is 5.68. The number of nitrogens with one attached hydrogen (secondary N) is 2. The van der Waals surface area contributed by atoms with Crippen LogP contribution in [-0.2, 0) is 4.79 Å². The minimum Gasteiger partial charge on any atom is -0.354 e. The summed E-state index contributed by atoms with van der Waals surface area (Å²) in [6.07, 6.45) is 5.85. The summed E-state index contributed by atoms with van der Waals surface area (Å²) >= 11 is 0. The first-order valence-electron chi connectivity index (χ1n) is 7.53. The minimum absolute atomic E-state index is 0.0742. The molecule has 0 aromatic rings. The Balaban J connectivity index is 1.61. The predicted molar refractivity (Wildman–Crippen MR) is 73.5 cm³/mol.